The van der Waals surface area contributed by atoms with Crippen molar-refractivity contribution in [1.29, 1.82) is 0 Å². The fraction of sp³-hybridized carbons (Fsp3) is 0.438. The molecule has 0 amide bonds. The molecular weight excluding hydrogens is 314 g/mol. The molecule has 0 bridgehead atoms. The average Bonchev–Trinajstić information content (AvgIpc) is 3.15. The Balaban J connectivity index is 1.54. The van der Waals surface area contributed by atoms with E-state index in [2.05, 4.69) is 14.6 Å². The van der Waals surface area contributed by atoms with E-state index < -0.39 is 10.0 Å². The van der Waals surface area contributed by atoms with Crippen molar-refractivity contribution in [2.45, 2.75) is 13.0 Å². The summed E-state index contributed by atoms with van der Waals surface area (Å²) in [6.45, 7) is 3.01. The number of sulfonamides is 1. The molecule has 3 rings (SSSR count). The van der Waals surface area contributed by atoms with Gasteiger partial charge in [-0.2, -0.15) is 0 Å². The molecule has 1 aliphatic heterocycles. The lowest BCUT2D eigenvalue weighted by Gasteiger charge is -2.14. The van der Waals surface area contributed by atoms with Crippen molar-refractivity contribution in [1.82, 2.24) is 14.6 Å². The molecule has 2 aromatic rings. The first-order valence-corrected chi connectivity index (χ1v) is 9.56. The summed E-state index contributed by atoms with van der Waals surface area (Å²) in [7, 11) is -3.11. The maximum Gasteiger partial charge on any atom is 0.226 e. The molecule has 0 radical (unpaired) electrons. The number of likely N-dealkylation sites (tertiary alicyclic amines) is 1. The number of rotatable bonds is 6. The lowest BCUT2D eigenvalue weighted by Crippen LogP contribution is -2.30. The van der Waals surface area contributed by atoms with E-state index in [9.17, 15) is 8.42 Å². The van der Waals surface area contributed by atoms with Crippen LogP contribution < -0.4 is 4.72 Å². The second-order valence-corrected chi connectivity index (χ2v) is 7.84. The van der Waals surface area contributed by atoms with Crippen LogP contribution in [0.2, 0.25) is 0 Å². The van der Waals surface area contributed by atoms with E-state index >= 15 is 0 Å². The number of hydrogen-bond donors (Lipinski definition) is 1. The van der Waals surface area contributed by atoms with Gasteiger partial charge in [0, 0.05) is 18.7 Å². The molecule has 1 aromatic carbocycles. The SMILES string of the molecule is CS(=O)(=O)NCC1CCN(Cc2cnc(-c3ccccc3)o2)C1. The van der Waals surface area contributed by atoms with Gasteiger partial charge in [0.2, 0.25) is 15.9 Å². The molecule has 1 N–H and O–H groups in total. The van der Waals surface area contributed by atoms with Gasteiger partial charge in [0.1, 0.15) is 5.76 Å². The molecule has 1 saturated heterocycles. The van der Waals surface area contributed by atoms with Crippen LogP contribution in [-0.4, -0.2) is 44.2 Å². The quantitative estimate of drug-likeness (QED) is 0.870. The van der Waals surface area contributed by atoms with Crippen LogP contribution in [0.3, 0.4) is 0 Å². The second kappa shape index (κ2) is 6.82. The highest BCUT2D eigenvalue weighted by Gasteiger charge is 2.24. The molecule has 0 spiro atoms. The molecule has 1 aliphatic rings. The Labute approximate surface area is 136 Å². The Bertz CT molecular complexity index is 743. The van der Waals surface area contributed by atoms with Crippen molar-refractivity contribution >= 4 is 10.0 Å². The summed E-state index contributed by atoms with van der Waals surface area (Å²) in [6, 6.07) is 9.82. The third-order valence-electron chi connectivity index (χ3n) is 3.96. The number of nitrogens with zero attached hydrogens (tertiary/aromatic N) is 2. The van der Waals surface area contributed by atoms with Crippen LogP contribution in [0.4, 0.5) is 0 Å². The fourth-order valence-corrected chi connectivity index (χ4v) is 3.35. The Hall–Kier alpha value is -1.70. The van der Waals surface area contributed by atoms with Gasteiger partial charge in [0.25, 0.3) is 0 Å². The van der Waals surface area contributed by atoms with Crippen molar-refractivity contribution in [2.24, 2.45) is 5.92 Å². The third-order valence-corrected chi connectivity index (χ3v) is 4.65. The zero-order valence-corrected chi connectivity index (χ0v) is 13.9. The molecule has 1 unspecified atom stereocenters. The van der Waals surface area contributed by atoms with E-state index in [1.165, 1.54) is 6.26 Å². The number of aromatic nitrogens is 1. The van der Waals surface area contributed by atoms with Crippen molar-refractivity contribution in [2.75, 3.05) is 25.9 Å². The van der Waals surface area contributed by atoms with Crippen molar-refractivity contribution in [3.8, 4) is 11.5 Å². The first-order valence-electron chi connectivity index (χ1n) is 7.67. The minimum absolute atomic E-state index is 0.348. The monoisotopic (exact) mass is 335 g/mol. The van der Waals surface area contributed by atoms with Gasteiger partial charge >= 0.3 is 0 Å². The summed E-state index contributed by atoms with van der Waals surface area (Å²) in [5.74, 6) is 1.82. The summed E-state index contributed by atoms with van der Waals surface area (Å²) in [6.07, 6.45) is 3.95. The van der Waals surface area contributed by atoms with Gasteiger partial charge in [0.05, 0.1) is 19.0 Å². The van der Waals surface area contributed by atoms with Crippen molar-refractivity contribution in [3.63, 3.8) is 0 Å². The van der Waals surface area contributed by atoms with Crippen LogP contribution in [0, 0.1) is 5.92 Å². The molecule has 1 fully saturated rings. The summed E-state index contributed by atoms with van der Waals surface area (Å²) in [5, 5.41) is 0. The van der Waals surface area contributed by atoms with Crippen LogP contribution in [0.1, 0.15) is 12.2 Å². The van der Waals surface area contributed by atoms with Gasteiger partial charge in [-0.3, -0.25) is 4.90 Å². The molecule has 2 heterocycles. The van der Waals surface area contributed by atoms with E-state index in [1.807, 2.05) is 30.3 Å². The molecule has 124 valence electrons. The molecule has 0 aliphatic carbocycles. The van der Waals surface area contributed by atoms with Gasteiger partial charge in [-0.25, -0.2) is 18.1 Å². The molecular formula is C16H21N3O3S. The minimum atomic E-state index is -3.11. The second-order valence-electron chi connectivity index (χ2n) is 6.01. The van der Waals surface area contributed by atoms with Crippen LogP contribution >= 0.6 is 0 Å². The average molecular weight is 335 g/mol. The van der Waals surface area contributed by atoms with Crippen LogP contribution in [0.15, 0.2) is 40.9 Å². The Kier molecular flexibility index (Phi) is 4.79. The Morgan fingerprint density at radius 2 is 2.13 bits per heavy atom. The zero-order chi connectivity index (χ0) is 16.3. The van der Waals surface area contributed by atoms with Crippen LogP contribution in [0.5, 0.6) is 0 Å². The highest BCUT2D eigenvalue weighted by molar-refractivity contribution is 7.88. The van der Waals surface area contributed by atoms with Gasteiger partial charge in [-0.1, -0.05) is 18.2 Å². The molecule has 6 nitrogen and oxygen atoms in total. The molecule has 23 heavy (non-hydrogen) atoms. The standard InChI is InChI=1S/C16H21N3O3S/c1-23(20,21)18-9-13-7-8-19(11-13)12-15-10-17-16(22-15)14-5-3-2-4-6-14/h2-6,10,13,18H,7-9,11-12H2,1H3. The Morgan fingerprint density at radius 1 is 1.35 bits per heavy atom. The van der Waals surface area contributed by atoms with Gasteiger partial charge in [-0.15, -0.1) is 0 Å². The van der Waals surface area contributed by atoms with Crippen LogP contribution in [-0.2, 0) is 16.6 Å². The first kappa shape index (κ1) is 16.2. The van der Waals surface area contributed by atoms with E-state index in [-0.39, 0.29) is 0 Å². The minimum Gasteiger partial charge on any atom is -0.440 e. The topological polar surface area (TPSA) is 75.4 Å². The Morgan fingerprint density at radius 3 is 2.87 bits per heavy atom. The molecule has 7 heteroatoms. The number of oxazole rings is 1. The maximum atomic E-state index is 11.2. The molecule has 0 saturated carbocycles. The normalized spacial score (nSPS) is 19.3. The van der Waals surface area contributed by atoms with Gasteiger partial charge < -0.3 is 4.42 Å². The van der Waals surface area contributed by atoms with Crippen molar-refractivity contribution in [3.05, 3.63) is 42.3 Å². The number of benzene rings is 1. The number of hydrogen-bond acceptors (Lipinski definition) is 5. The van der Waals surface area contributed by atoms with E-state index in [4.69, 9.17) is 4.42 Å². The predicted octanol–water partition coefficient (Wildman–Crippen LogP) is 1.71. The third kappa shape index (κ3) is 4.63. The smallest absolute Gasteiger partial charge is 0.226 e. The van der Waals surface area contributed by atoms with Gasteiger partial charge in [-0.05, 0) is 31.0 Å². The highest BCUT2D eigenvalue weighted by atomic mass is 32.2. The summed E-state index contributed by atoms with van der Waals surface area (Å²) >= 11 is 0. The lowest BCUT2D eigenvalue weighted by molar-refractivity contribution is 0.288. The summed E-state index contributed by atoms with van der Waals surface area (Å²) < 4.78 is 30.7. The van der Waals surface area contributed by atoms with E-state index in [0.29, 0.717) is 24.9 Å². The molecule has 1 aromatic heterocycles. The van der Waals surface area contributed by atoms with E-state index in [0.717, 1.165) is 30.8 Å². The highest BCUT2D eigenvalue weighted by Crippen LogP contribution is 2.22. The zero-order valence-electron chi connectivity index (χ0n) is 13.1. The van der Waals surface area contributed by atoms with E-state index in [1.54, 1.807) is 6.20 Å². The largest absolute Gasteiger partial charge is 0.440 e. The predicted molar refractivity (Wildman–Crippen MR) is 88.2 cm³/mol. The summed E-state index contributed by atoms with van der Waals surface area (Å²) in [4.78, 5) is 6.60. The van der Waals surface area contributed by atoms with Crippen LogP contribution in [0.25, 0.3) is 11.5 Å². The number of nitrogens with one attached hydrogen (secondary N) is 1. The summed E-state index contributed by atoms with van der Waals surface area (Å²) in [5.41, 5.74) is 0.968. The lowest BCUT2D eigenvalue weighted by atomic mass is 10.1. The first-order chi connectivity index (χ1) is 11.0. The maximum absolute atomic E-state index is 11.2. The fourth-order valence-electron chi connectivity index (χ4n) is 2.81. The van der Waals surface area contributed by atoms with Crippen molar-refractivity contribution < 1.29 is 12.8 Å². The molecule has 1 atom stereocenters. The van der Waals surface area contributed by atoms with Gasteiger partial charge in [0.15, 0.2) is 0 Å².